The minimum atomic E-state index is -5.23. The van der Waals surface area contributed by atoms with Crippen LogP contribution in [0.25, 0.3) is 0 Å². The van der Waals surface area contributed by atoms with Crippen molar-refractivity contribution in [3.8, 4) is 0 Å². The molecule has 0 heterocycles. The number of rotatable bonds is 6. The number of benzene rings is 1. The molecule has 5 nitrogen and oxygen atoms in total. The fourth-order valence-electron chi connectivity index (χ4n) is 1.71. The largest absolute Gasteiger partial charge is 0.463 e. The molecule has 1 atom stereocenters. The van der Waals surface area contributed by atoms with Crippen molar-refractivity contribution in [2.24, 2.45) is 0 Å². The Morgan fingerprint density at radius 2 is 1.87 bits per heavy atom. The fourth-order valence-corrected chi connectivity index (χ4v) is 1.71. The molecular weight excluding hydrogens is 320 g/mol. The van der Waals surface area contributed by atoms with Crippen LogP contribution in [0, 0.1) is 5.82 Å². The summed E-state index contributed by atoms with van der Waals surface area (Å²) < 4.78 is 58.3. The zero-order chi connectivity index (χ0) is 17.7. The molecule has 23 heavy (non-hydrogen) atoms. The van der Waals surface area contributed by atoms with Crippen molar-refractivity contribution >= 4 is 17.6 Å². The molecule has 0 bridgehead atoms. The summed E-state index contributed by atoms with van der Waals surface area (Å²) in [6.07, 6.45) is -5.52. The van der Waals surface area contributed by atoms with Crippen LogP contribution in [0.1, 0.15) is 20.3 Å². The lowest BCUT2D eigenvalue weighted by atomic mass is 10.1. The summed E-state index contributed by atoms with van der Waals surface area (Å²) >= 11 is 0. The van der Waals surface area contributed by atoms with Crippen LogP contribution in [0.3, 0.4) is 0 Å². The summed E-state index contributed by atoms with van der Waals surface area (Å²) in [6.45, 7) is 2.32. The van der Waals surface area contributed by atoms with Crippen LogP contribution in [0.2, 0.25) is 0 Å². The molecule has 128 valence electrons. The number of hydrogen-bond acceptors (Lipinski definition) is 4. The van der Waals surface area contributed by atoms with E-state index in [1.54, 1.807) is 5.32 Å². The van der Waals surface area contributed by atoms with Gasteiger partial charge in [-0.2, -0.15) is 13.2 Å². The second kappa shape index (κ2) is 7.30. The molecule has 2 N–H and O–H groups in total. The summed E-state index contributed by atoms with van der Waals surface area (Å²) in [7, 11) is 0. The minimum Gasteiger partial charge on any atom is -0.463 e. The standard InChI is InChI=1S/C14H16F4N2O3/c1-3-11(21)20-13(14(16,17)18,12(22)23-4-2)19-10-7-5-6-9(15)8-10/h5-8,19H,3-4H2,1-2H3,(H,20,21)/t13-/m1/s1. The highest BCUT2D eigenvalue weighted by Gasteiger charge is 2.63. The van der Waals surface area contributed by atoms with E-state index in [9.17, 15) is 27.2 Å². The van der Waals surface area contributed by atoms with Gasteiger partial charge in [-0.05, 0) is 25.1 Å². The first-order chi connectivity index (χ1) is 10.7. The molecule has 0 saturated carbocycles. The quantitative estimate of drug-likeness (QED) is 0.476. The Morgan fingerprint density at radius 3 is 2.35 bits per heavy atom. The van der Waals surface area contributed by atoms with E-state index >= 15 is 0 Å². The maximum absolute atomic E-state index is 13.6. The second-order valence-electron chi connectivity index (χ2n) is 4.51. The highest BCUT2D eigenvalue weighted by Crippen LogP contribution is 2.33. The molecule has 0 aliphatic rings. The molecule has 9 heteroatoms. The van der Waals surface area contributed by atoms with Gasteiger partial charge in [-0.3, -0.25) is 4.79 Å². The smallest absolute Gasteiger partial charge is 0.441 e. The first-order valence-corrected chi connectivity index (χ1v) is 6.75. The molecule has 1 aromatic rings. The van der Waals surface area contributed by atoms with E-state index in [1.165, 1.54) is 13.8 Å². The Bertz CT molecular complexity index is 577. The van der Waals surface area contributed by atoms with E-state index in [4.69, 9.17) is 0 Å². The summed E-state index contributed by atoms with van der Waals surface area (Å²) in [5.74, 6) is -3.57. The number of ether oxygens (including phenoxy) is 1. The van der Waals surface area contributed by atoms with Gasteiger partial charge in [-0.15, -0.1) is 0 Å². The van der Waals surface area contributed by atoms with Gasteiger partial charge in [0.15, 0.2) is 0 Å². The number of amides is 1. The third-order valence-corrected chi connectivity index (χ3v) is 2.81. The van der Waals surface area contributed by atoms with Crippen LogP contribution in [-0.4, -0.2) is 30.3 Å². The van der Waals surface area contributed by atoms with Crippen LogP contribution in [0.4, 0.5) is 23.2 Å². The number of carbonyl (C=O) groups excluding carboxylic acids is 2. The lowest BCUT2D eigenvalue weighted by Gasteiger charge is -2.35. The fraction of sp³-hybridized carbons (Fsp3) is 0.429. The number of esters is 1. The van der Waals surface area contributed by atoms with Crippen LogP contribution in [0.5, 0.6) is 0 Å². The maximum Gasteiger partial charge on any atom is 0.441 e. The Morgan fingerprint density at radius 1 is 1.22 bits per heavy atom. The van der Waals surface area contributed by atoms with Crippen molar-refractivity contribution in [2.45, 2.75) is 32.1 Å². The van der Waals surface area contributed by atoms with Gasteiger partial charge < -0.3 is 15.4 Å². The molecule has 0 unspecified atom stereocenters. The van der Waals surface area contributed by atoms with E-state index in [1.807, 2.05) is 5.32 Å². The molecule has 0 radical (unpaired) electrons. The van der Waals surface area contributed by atoms with Gasteiger partial charge >= 0.3 is 17.8 Å². The summed E-state index contributed by atoms with van der Waals surface area (Å²) in [5, 5.41) is 3.45. The summed E-state index contributed by atoms with van der Waals surface area (Å²) in [5.41, 5.74) is -3.85. The Labute approximate surface area is 130 Å². The third-order valence-electron chi connectivity index (χ3n) is 2.81. The SMILES string of the molecule is CCOC(=O)[C@](NC(=O)CC)(Nc1cccc(F)c1)C(F)(F)F. The first kappa shape index (κ1) is 18.7. The number of anilines is 1. The highest BCUT2D eigenvalue weighted by molar-refractivity contribution is 5.91. The van der Waals surface area contributed by atoms with Crippen molar-refractivity contribution in [3.63, 3.8) is 0 Å². The summed E-state index contributed by atoms with van der Waals surface area (Å²) in [6, 6.07) is 4.07. The lowest BCUT2D eigenvalue weighted by molar-refractivity contribution is -0.207. The van der Waals surface area contributed by atoms with Gasteiger partial charge in [0.2, 0.25) is 5.91 Å². The first-order valence-electron chi connectivity index (χ1n) is 6.75. The monoisotopic (exact) mass is 336 g/mol. The molecule has 0 aliphatic heterocycles. The van der Waals surface area contributed by atoms with Crippen molar-refractivity contribution in [1.82, 2.24) is 5.32 Å². The number of carbonyl (C=O) groups is 2. The van der Waals surface area contributed by atoms with Gasteiger partial charge in [0.1, 0.15) is 5.82 Å². The zero-order valence-electron chi connectivity index (χ0n) is 12.5. The van der Waals surface area contributed by atoms with Crippen LogP contribution in [-0.2, 0) is 14.3 Å². The van der Waals surface area contributed by atoms with Crippen molar-refractivity contribution in [2.75, 3.05) is 11.9 Å². The topological polar surface area (TPSA) is 67.4 Å². The molecule has 1 rings (SSSR count). The average Bonchev–Trinajstić information content (AvgIpc) is 2.45. The maximum atomic E-state index is 13.6. The molecule has 0 spiro atoms. The van der Waals surface area contributed by atoms with Crippen LogP contribution >= 0.6 is 0 Å². The van der Waals surface area contributed by atoms with E-state index in [0.717, 1.165) is 24.3 Å². The van der Waals surface area contributed by atoms with Gasteiger partial charge in [0.05, 0.1) is 6.61 Å². The normalized spacial score (nSPS) is 13.8. The van der Waals surface area contributed by atoms with Crippen molar-refractivity contribution < 1.29 is 31.9 Å². The van der Waals surface area contributed by atoms with E-state index < -0.39 is 29.5 Å². The number of nitrogens with one attached hydrogen (secondary N) is 2. The van der Waals surface area contributed by atoms with Gasteiger partial charge in [-0.1, -0.05) is 13.0 Å². The molecular formula is C14H16F4N2O3. The average molecular weight is 336 g/mol. The van der Waals surface area contributed by atoms with Gasteiger partial charge in [-0.25, -0.2) is 9.18 Å². The predicted molar refractivity (Wildman–Crippen MR) is 73.9 cm³/mol. The molecule has 1 aromatic carbocycles. The van der Waals surface area contributed by atoms with E-state index in [0.29, 0.717) is 0 Å². The number of alkyl halides is 3. The Balaban J connectivity index is 3.36. The highest BCUT2D eigenvalue weighted by atomic mass is 19.4. The molecule has 0 aliphatic carbocycles. The second-order valence-corrected chi connectivity index (χ2v) is 4.51. The molecule has 0 aromatic heterocycles. The zero-order valence-corrected chi connectivity index (χ0v) is 12.5. The third kappa shape index (κ3) is 4.33. The van der Waals surface area contributed by atoms with Crippen LogP contribution in [0.15, 0.2) is 24.3 Å². The van der Waals surface area contributed by atoms with Gasteiger partial charge in [0.25, 0.3) is 0 Å². The Kier molecular flexibility index (Phi) is 5.94. The predicted octanol–water partition coefficient (Wildman–Crippen LogP) is 2.59. The van der Waals surface area contributed by atoms with Crippen LogP contribution < -0.4 is 10.6 Å². The van der Waals surface area contributed by atoms with Gasteiger partial charge in [0, 0.05) is 12.1 Å². The van der Waals surface area contributed by atoms with Crippen molar-refractivity contribution in [1.29, 1.82) is 0 Å². The lowest BCUT2D eigenvalue weighted by Crippen LogP contribution is -2.69. The number of halogens is 4. The Hall–Kier alpha value is -2.32. The molecule has 0 saturated heterocycles. The number of hydrogen-bond donors (Lipinski definition) is 2. The molecule has 1 amide bonds. The minimum absolute atomic E-state index is 0.290. The summed E-state index contributed by atoms with van der Waals surface area (Å²) in [4.78, 5) is 23.4. The van der Waals surface area contributed by atoms with Crippen molar-refractivity contribution in [3.05, 3.63) is 30.1 Å². The van der Waals surface area contributed by atoms with E-state index in [-0.39, 0.29) is 18.7 Å². The van der Waals surface area contributed by atoms with E-state index in [2.05, 4.69) is 4.74 Å². The molecule has 0 fully saturated rings.